The summed E-state index contributed by atoms with van der Waals surface area (Å²) in [6.07, 6.45) is 0. The second kappa shape index (κ2) is 10.1. The molecule has 0 spiro atoms. The molecule has 1 saturated heterocycles. The van der Waals surface area contributed by atoms with E-state index in [1.165, 1.54) is 15.6 Å². The summed E-state index contributed by atoms with van der Waals surface area (Å²) >= 11 is 7.12. The number of hydrogen-bond acceptors (Lipinski definition) is 5. The fraction of sp³-hybridized carbons (Fsp3) is 0.450. The molecular weight excluding hydrogens is 446 g/mol. The average molecular weight is 472 g/mol. The minimum atomic E-state index is -3.52. The van der Waals surface area contributed by atoms with Gasteiger partial charge in [-0.1, -0.05) is 37.6 Å². The molecule has 1 atom stereocenters. The van der Waals surface area contributed by atoms with Crippen LogP contribution in [0.3, 0.4) is 0 Å². The van der Waals surface area contributed by atoms with Crippen LogP contribution in [-0.2, 0) is 21.3 Å². The van der Waals surface area contributed by atoms with Crippen LogP contribution in [0.2, 0.25) is 5.02 Å². The Hall–Kier alpha value is -1.65. The number of carbonyl (C=O) groups is 1. The Labute approximate surface area is 186 Å². The van der Waals surface area contributed by atoms with E-state index in [1.807, 2.05) is 26.0 Å². The lowest BCUT2D eigenvalue weighted by molar-refractivity contribution is 0.0731. The third kappa shape index (κ3) is 5.73. The third-order valence-corrected chi connectivity index (χ3v) is 8.51. The van der Waals surface area contributed by atoms with Gasteiger partial charge in [0, 0.05) is 23.0 Å². The number of carbonyl (C=O) groups excluding carboxylic acids is 1. The number of morpholine rings is 1. The summed E-state index contributed by atoms with van der Waals surface area (Å²) in [5.74, 6) is 0.184. The highest BCUT2D eigenvalue weighted by Crippen LogP contribution is 2.26. The maximum Gasteiger partial charge on any atom is 0.315 e. The Morgan fingerprint density at radius 3 is 2.47 bits per heavy atom. The highest BCUT2D eigenvalue weighted by Gasteiger charge is 2.27. The molecule has 1 aliphatic heterocycles. The number of rotatable bonds is 7. The van der Waals surface area contributed by atoms with Crippen LogP contribution in [0, 0.1) is 5.92 Å². The molecule has 0 radical (unpaired) electrons. The summed E-state index contributed by atoms with van der Waals surface area (Å²) in [5.41, 5.74) is 0.972. The first-order valence-electron chi connectivity index (χ1n) is 9.74. The molecule has 7 nitrogen and oxygen atoms in total. The van der Waals surface area contributed by atoms with Gasteiger partial charge in [0.05, 0.1) is 25.8 Å². The third-order valence-electron chi connectivity index (χ3n) is 4.81. The first kappa shape index (κ1) is 23.0. The van der Waals surface area contributed by atoms with Crippen molar-refractivity contribution in [3.63, 3.8) is 0 Å². The summed E-state index contributed by atoms with van der Waals surface area (Å²) in [6, 6.07) is 10.2. The van der Waals surface area contributed by atoms with Gasteiger partial charge in [-0.15, -0.1) is 11.3 Å². The predicted molar refractivity (Wildman–Crippen MR) is 118 cm³/mol. The van der Waals surface area contributed by atoms with E-state index in [1.54, 1.807) is 24.3 Å². The molecule has 0 aliphatic carbocycles. The van der Waals surface area contributed by atoms with E-state index in [2.05, 4.69) is 10.6 Å². The minimum Gasteiger partial charge on any atom is -0.379 e. The number of benzene rings is 1. The molecule has 2 N–H and O–H groups in total. The summed E-state index contributed by atoms with van der Waals surface area (Å²) in [6.45, 7) is 5.84. The number of thiophene rings is 1. The van der Waals surface area contributed by atoms with Crippen LogP contribution in [0.25, 0.3) is 0 Å². The highest BCUT2D eigenvalue weighted by atomic mass is 35.5. The fourth-order valence-electron chi connectivity index (χ4n) is 3.17. The van der Waals surface area contributed by atoms with Crippen molar-refractivity contribution in [1.29, 1.82) is 0 Å². The largest absolute Gasteiger partial charge is 0.379 e. The minimum absolute atomic E-state index is 0.164. The second-order valence-electron chi connectivity index (χ2n) is 7.34. The van der Waals surface area contributed by atoms with E-state index in [0.717, 1.165) is 10.4 Å². The zero-order valence-electron chi connectivity index (χ0n) is 16.9. The fourth-order valence-corrected chi connectivity index (χ4v) is 6.15. The number of ether oxygens (including phenoxy) is 1. The second-order valence-corrected chi connectivity index (χ2v) is 11.1. The van der Waals surface area contributed by atoms with Crippen LogP contribution in [0.1, 0.15) is 30.3 Å². The Balaban J connectivity index is 1.58. The number of halogens is 1. The smallest absolute Gasteiger partial charge is 0.315 e. The van der Waals surface area contributed by atoms with Gasteiger partial charge >= 0.3 is 6.03 Å². The van der Waals surface area contributed by atoms with Crippen LogP contribution in [-0.4, -0.2) is 45.1 Å². The molecule has 164 valence electrons. The SMILES string of the molecule is CC(C)C(NC(=O)NCc1ccc(S(=O)(=O)N2CCOCC2)s1)c1ccc(Cl)cc1. The van der Waals surface area contributed by atoms with Crippen molar-refractivity contribution < 1.29 is 17.9 Å². The molecule has 3 rings (SSSR count). The number of amides is 2. The van der Waals surface area contributed by atoms with E-state index >= 15 is 0 Å². The Morgan fingerprint density at radius 1 is 1.17 bits per heavy atom. The zero-order valence-corrected chi connectivity index (χ0v) is 19.3. The predicted octanol–water partition coefficient (Wildman–Crippen LogP) is 3.62. The summed E-state index contributed by atoms with van der Waals surface area (Å²) in [4.78, 5) is 13.2. The van der Waals surface area contributed by atoms with E-state index in [4.69, 9.17) is 16.3 Å². The molecule has 2 amide bonds. The van der Waals surface area contributed by atoms with Crippen molar-refractivity contribution in [3.05, 3.63) is 51.9 Å². The first-order chi connectivity index (χ1) is 14.3. The molecule has 1 aromatic heterocycles. The standard InChI is InChI=1S/C20H26ClN3O4S2/c1-14(2)19(15-3-5-16(21)6-4-15)23-20(25)22-13-17-7-8-18(29-17)30(26,27)24-9-11-28-12-10-24/h3-8,14,19H,9-13H2,1-2H3,(H2,22,23,25). The highest BCUT2D eigenvalue weighted by molar-refractivity contribution is 7.91. The van der Waals surface area contributed by atoms with Gasteiger partial charge in [0.25, 0.3) is 10.0 Å². The lowest BCUT2D eigenvalue weighted by Crippen LogP contribution is -2.40. The number of urea groups is 1. The van der Waals surface area contributed by atoms with Crippen LogP contribution >= 0.6 is 22.9 Å². The van der Waals surface area contributed by atoms with Crippen molar-refractivity contribution in [1.82, 2.24) is 14.9 Å². The Kier molecular flexibility index (Phi) is 7.75. The molecule has 10 heteroatoms. The first-order valence-corrected chi connectivity index (χ1v) is 12.4. The zero-order chi connectivity index (χ0) is 21.7. The van der Waals surface area contributed by atoms with Crippen molar-refractivity contribution >= 4 is 39.0 Å². The molecule has 2 heterocycles. The van der Waals surface area contributed by atoms with Gasteiger partial charge in [0.1, 0.15) is 4.21 Å². The lowest BCUT2D eigenvalue weighted by atomic mass is 9.96. The van der Waals surface area contributed by atoms with Crippen molar-refractivity contribution in [3.8, 4) is 0 Å². The van der Waals surface area contributed by atoms with Gasteiger partial charge < -0.3 is 15.4 Å². The summed E-state index contributed by atoms with van der Waals surface area (Å²) in [5, 5.41) is 6.44. The van der Waals surface area contributed by atoms with E-state index in [9.17, 15) is 13.2 Å². The molecular formula is C20H26ClN3O4S2. The van der Waals surface area contributed by atoms with Crippen LogP contribution in [0.4, 0.5) is 4.79 Å². The van der Waals surface area contributed by atoms with Crippen molar-refractivity contribution in [2.24, 2.45) is 5.92 Å². The molecule has 2 aromatic rings. The Bertz CT molecular complexity index is 955. The molecule has 0 saturated carbocycles. The van der Waals surface area contributed by atoms with Gasteiger partial charge in [-0.25, -0.2) is 13.2 Å². The monoisotopic (exact) mass is 471 g/mol. The van der Waals surface area contributed by atoms with Gasteiger partial charge in [0.15, 0.2) is 0 Å². The average Bonchev–Trinajstić information content (AvgIpc) is 3.22. The van der Waals surface area contributed by atoms with Crippen LogP contribution < -0.4 is 10.6 Å². The van der Waals surface area contributed by atoms with Crippen LogP contribution in [0.5, 0.6) is 0 Å². The number of sulfonamides is 1. The van der Waals surface area contributed by atoms with E-state index in [0.29, 0.717) is 31.3 Å². The van der Waals surface area contributed by atoms with Gasteiger partial charge in [-0.05, 0) is 35.7 Å². The molecule has 1 fully saturated rings. The molecule has 1 aromatic carbocycles. The summed E-state index contributed by atoms with van der Waals surface area (Å²) < 4.78 is 32.4. The van der Waals surface area contributed by atoms with E-state index in [-0.39, 0.29) is 28.7 Å². The lowest BCUT2D eigenvalue weighted by Gasteiger charge is -2.25. The van der Waals surface area contributed by atoms with Crippen LogP contribution in [0.15, 0.2) is 40.6 Å². The number of nitrogens with one attached hydrogen (secondary N) is 2. The summed E-state index contributed by atoms with van der Waals surface area (Å²) in [7, 11) is -3.52. The maximum atomic E-state index is 12.7. The number of nitrogens with zero attached hydrogens (tertiary/aromatic N) is 1. The molecule has 30 heavy (non-hydrogen) atoms. The molecule has 1 unspecified atom stereocenters. The number of hydrogen-bond donors (Lipinski definition) is 2. The molecule has 1 aliphatic rings. The maximum absolute atomic E-state index is 12.7. The Morgan fingerprint density at radius 2 is 1.83 bits per heavy atom. The van der Waals surface area contributed by atoms with Crippen molar-refractivity contribution in [2.45, 2.75) is 30.6 Å². The van der Waals surface area contributed by atoms with Gasteiger partial charge in [-0.3, -0.25) is 0 Å². The molecule has 0 bridgehead atoms. The van der Waals surface area contributed by atoms with Gasteiger partial charge in [0.2, 0.25) is 0 Å². The van der Waals surface area contributed by atoms with E-state index < -0.39 is 10.0 Å². The van der Waals surface area contributed by atoms with Gasteiger partial charge in [-0.2, -0.15) is 4.31 Å². The van der Waals surface area contributed by atoms with Crippen molar-refractivity contribution in [2.75, 3.05) is 26.3 Å². The normalized spacial score (nSPS) is 16.4. The topological polar surface area (TPSA) is 87.7 Å². The quantitative estimate of drug-likeness (QED) is 0.645.